The van der Waals surface area contributed by atoms with E-state index in [1.807, 2.05) is 0 Å². The van der Waals surface area contributed by atoms with E-state index in [4.69, 9.17) is 18.9 Å². The highest BCUT2D eigenvalue weighted by atomic mass is 19.3. The molecule has 7 heteroatoms. The van der Waals surface area contributed by atoms with Crippen molar-refractivity contribution < 1.29 is 32.8 Å². The van der Waals surface area contributed by atoms with E-state index in [1.54, 1.807) is 12.1 Å². The third kappa shape index (κ3) is 5.02. The standard InChI is InChI=1S/C14H20F2O5/c1-18-9-6-11(19-2)14(12(7-9)20-3)10(17)4-5-21-8-13(15)16/h6-7,10,13,17H,4-5,8H2,1-3H3. The van der Waals surface area contributed by atoms with Crippen LogP contribution in [0.2, 0.25) is 0 Å². The van der Waals surface area contributed by atoms with Crippen LogP contribution in [0, 0.1) is 0 Å². The van der Waals surface area contributed by atoms with Crippen LogP contribution < -0.4 is 14.2 Å². The first-order valence-electron chi connectivity index (χ1n) is 6.37. The van der Waals surface area contributed by atoms with Crippen LogP contribution in [-0.4, -0.2) is 46.1 Å². The molecule has 1 N–H and O–H groups in total. The lowest BCUT2D eigenvalue weighted by atomic mass is 10.0. The van der Waals surface area contributed by atoms with Gasteiger partial charge in [0, 0.05) is 25.2 Å². The molecule has 1 aromatic carbocycles. The molecule has 1 unspecified atom stereocenters. The highest BCUT2D eigenvalue weighted by Gasteiger charge is 2.20. The van der Waals surface area contributed by atoms with Gasteiger partial charge in [0.25, 0.3) is 6.43 Å². The Labute approximate surface area is 122 Å². The van der Waals surface area contributed by atoms with Crippen molar-refractivity contribution in [1.29, 1.82) is 0 Å². The zero-order valence-corrected chi connectivity index (χ0v) is 12.3. The number of halogens is 2. The summed E-state index contributed by atoms with van der Waals surface area (Å²) in [4.78, 5) is 0. The minimum absolute atomic E-state index is 0.00381. The van der Waals surface area contributed by atoms with Crippen LogP contribution in [0.5, 0.6) is 17.2 Å². The molecule has 0 radical (unpaired) electrons. The number of hydrogen-bond donors (Lipinski definition) is 1. The quantitative estimate of drug-likeness (QED) is 0.710. The third-order valence-corrected chi connectivity index (χ3v) is 2.87. The molecule has 21 heavy (non-hydrogen) atoms. The fourth-order valence-corrected chi connectivity index (χ4v) is 1.87. The summed E-state index contributed by atoms with van der Waals surface area (Å²) in [6.07, 6.45) is -3.34. The largest absolute Gasteiger partial charge is 0.496 e. The van der Waals surface area contributed by atoms with Crippen molar-refractivity contribution in [2.45, 2.75) is 19.0 Å². The molecule has 1 rings (SSSR count). The lowest BCUT2D eigenvalue weighted by Gasteiger charge is -2.19. The van der Waals surface area contributed by atoms with Crippen LogP contribution in [0.1, 0.15) is 18.1 Å². The van der Waals surface area contributed by atoms with Crippen molar-refractivity contribution in [2.75, 3.05) is 34.5 Å². The van der Waals surface area contributed by atoms with Gasteiger partial charge in [-0.25, -0.2) is 8.78 Å². The lowest BCUT2D eigenvalue weighted by Crippen LogP contribution is -2.10. The number of methoxy groups -OCH3 is 3. The van der Waals surface area contributed by atoms with Crippen LogP contribution >= 0.6 is 0 Å². The summed E-state index contributed by atoms with van der Waals surface area (Å²) in [5.41, 5.74) is 0.432. The molecule has 120 valence electrons. The maximum atomic E-state index is 12.0. The molecule has 0 aliphatic heterocycles. The van der Waals surface area contributed by atoms with Gasteiger partial charge in [-0.1, -0.05) is 0 Å². The Morgan fingerprint density at radius 2 is 1.62 bits per heavy atom. The van der Waals surface area contributed by atoms with Gasteiger partial charge in [0.15, 0.2) is 0 Å². The van der Waals surface area contributed by atoms with Gasteiger partial charge >= 0.3 is 0 Å². The van der Waals surface area contributed by atoms with Crippen molar-refractivity contribution >= 4 is 0 Å². The molecule has 0 heterocycles. The monoisotopic (exact) mass is 306 g/mol. The van der Waals surface area contributed by atoms with E-state index in [2.05, 4.69) is 0 Å². The molecule has 1 atom stereocenters. The van der Waals surface area contributed by atoms with E-state index in [0.29, 0.717) is 22.8 Å². The SMILES string of the molecule is COc1cc(OC)c(C(O)CCOCC(F)F)c(OC)c1. The molecular formula is C14H20F2O5. The molecule has 0 aliphatic rings. The normalized spacial score (nSPS) is 12.3. The van der Waals surface area contributed by atoms with Crippen molar-refractivity contribution in [2.24, 2.45) is 0 Å². The van der Waals surface area contributed by atoms with Crippen molar-refractivity contribution in [1.82, 2.24) is 0 Å². The highest BCUT2D eigenvalue weighted by molar-refractivity contribution is 5.51. The summed E-state index contributed by atoms with van der Waals surface area (Å²) in [6.45, 7) is -0.645. The average Bonchev–Trinajstić information content (AvgIpc) is 2.49. The minimum Gasteiger partial charge on any atom is -0.496 e. The second kappa shape index (κ2) is 8.63. The molecule has 1 aromatic rings. The fourth-order valence-electron chi connectivity index (χ4n) is 1.87. The number of aliphatic hydroxyl groups is 1. The van der Waals surface area contributed by atoms with Crippen molar-refractivity contribution in [3.63, 3.8) is 0 Å². The van der Waals surface area contributed by atoms with Crippen LogP contribution in [0.3, 0.4) is 0 Å². The van der Waals surface area contributed by atoms with Gasteiger partial charge in [0.1, 0.15) is 23.9 Å². The molecule has 0 aliphatic carbocycles. The van der Waals surface area contributed by atoms with Crippen LogP contribution in [0.25, 0.3) is 0 Å². The first-order valence-corrected chi connectivity index (χ1v) is 6.37. The molecular weight excluding hydrogens is 286 g/mol. The van der Waals surface area contributed by atoms with Crippen molar-refractivity contribution in [3.8, 4) is 17.2 Å². The molecule has 0 saturated carbocycles. The van der Waals surface area contributed by atoms with E-state index < -0.39 is 19.1 Å². The molecule has 0 amide bonds. The highest BCUT2D eigenvalue weighted by Crippen LogP contribution is 2.39. The molecule has 0 aromatic heterocycles. The van der Waals surface area contributed by atoms with E-state index in [9.17, 15) is 13.9 Å². The Balaban J connectivity index is 2.83. The van der Waals surface area contributed by atoms with Gasteiger partial charge < -0.3 is 24.1 Å². The van der Waals surface area contributed by atoms with Gasteiger partial charge in [-0.05, 0) is 0 Å². The molecule has 0 fully saturated rings. The minimum atomic E-state index is -2.52. The molecule has 5 nitrogen and oxygen atoms in total. The third-order valence-electron chi connectivity index (χ3n) is 2.87. The number of alkyl halides is 2. The van der Waals surface area contributed by atoms with Gasteiger partial charge in [-0.15, -0.1) is 0 Å². The summed E-state index contributed by atoms with van der Waals surface area (Å²) >= 11 is 0. The topological polar surface area (TPSA) is 57.2 Å². The van der Waals surface area contributed by atoms with Crippen LogP contribution in [0.4, 0.5) is 8.78 Å². The fraction of sp³-hybridized carbons (Fsp3) is 0.571. The number of aliphatic hydroxyl groups excluding tert-OH is 1. The lowest BCUT2D eigenvalue weighted by molar-refractivity contribution is 0.00437. The maximum Gasteiger partial charge on any atom is 0.261 e. The van der Waals surface area contributed by atoms with E-state index >= 15 is 0 Å². The zero-order chi connectivity index (χ0) is 15.8. The van der Waals surface area contributed by atoms with Crippen molar-refractivity contribution in [3.05, 3.63) is 17.7 Å². The van der Waals surface area contributed by atoms with E-state index in [0.717, 1.165) is 0 Å². The Bertz CT molecular complexity index is 414. The second-order valence-corrected chi connectivity index (χ2v) is 4.22. The van der Waals surface area contributed by atoms with E-state index in [-0.39, 0.29) is 13.0 Å². The maximum absolute atomic E-state index is 12.0. The number of rotatable bonds is 9. The number of hydrogen-bond acceptors (Lipinski definition) is 5. The summed E-state index contributed by atoms with van der Waals surface area (Å²) in [5, 5.41) is 10.2. The number of benzene rings is 1. The Morgan fingerprint density at radius 1 is 1.05 bits per heavy atom. The summed E-state index contributed by atoms with van der Waals surface area (Å²) in [6, 6.07) is 3.22. The predicted molar refractivity (Wildman–Crippen MR) is 72.5 cm³/mol. The zero-order valence-electron chi connectivity index (χ0n) is 12.3. The summed E-state index contributed by atoms with van der Waals surface area (Å²) in [7, 11) is 4.41. The van der Waals surface area contributed by atoms with Crippen LogP contribution in [-0.2, 0) is 4.74 Å². The Kier molecular flexibility index (Phi) is 7.18. The van der Waals surface area contributed by atoms with Crippen LogP contribution in [0.15, 0.2) is 12.1 Å². The predicted octanol–water partition coefficient (Wildman–Crippen LogP) is 2.42. The van der Waals surface area contributed by atoms with Gasteiger partial charge in [0.05, 0.1) is 33.0 Å². The summed E-state index contributed by atoms with van der Waals surface area (Å²) < 4.78 is 44.2. The first kappa shape index (κ1) is 17.5. The summed E-state index contributed by atoms with van der Waals surface area (Å²) in [5.74, 6) is 1.31. The smallest absolute Gasteiger partial charge is 0.261 e. The van der Waals surface area contributed by atoms with Gasteiger partial charge in [-0.3, -0.25) is 0 Å². The Morgan fingerprint density at radius 3 is 2.05 bits per heavy atom. The van der Waals surface area contributed by atoms with Gasteiger partial charge in [-0.2, -0.15) is 0 Å². The molecule has 0 spiro atoms. The molecule has 0 saturated heterocycles. The molecule has 0 bridgehead atoms. The van der Waals surface area contributed by atoms with Gasteiger partial charge in [0.2, 0.25) is 0 Å². The van der Waals surface area contributed by atoms with E-state index in [1.165, 1.54) is 21.3 Å². The Hall–Kier alpha value is -1.60. The second-order valence-electron chi connectivity index (χ2n) is 4.22. The number of ether oxygens (including phenoxy) is 4. The average molecular weight is 306 g/mol. The first-order chi connectivity index (χ1) is 10.0.